The Morgan fingerprint density at radius 3 is 2.87 bits per heavy atom. The highest BCUT2D eigenvalue weighted by Crippen LogP contribution is 2.39. The number of amides is 1. The molecular weight excluding hydrogens is 278 g/mol. The van der Waals surface area contributed by atoms with E-state index in [-0.39, 0.29) is 16.7 Å². The van der Waals surface area contributed by atoms with Crippen molar-refractivity contribution in [1.29, 1.82) is 0 Å². The number of carbonyl (C=O) groups is 1. The van der Waals surface area contributed by atoms with E-state index in [4.69, 9.17) is 4.42 Å². The third kappa shape index (κ3) is 2.23. The first kappa shape index (κ1) is 11.1. The van der Waals surface area contributed by atoms with E-state index >= 15 is 0 Å². The van der Waals surface area contributed by atoms with Crippen molar-refractivity contribution in [3.05, 3.63) is 22.6 Å². The highest BCUT2D eigenvalue weighted by molar-refractivity contribution is 9.10. The van der Waals surface area contributed by atoms with Crippen LogP contribution in [0.2, 0.25) is 0 Å². The Morgan fingerprint density at radius 2 is 2.47 bits per heavy atom. The maximum absolute atomic E-state index is 11.7. The summed E-state index contributed by atoms with van der Waals surface area (Å²) in [6, 6.07) is 1.93. The predicted molar refractivity (Wildman–Crippen MR) is 64.2 cm³/mol. The van der Waals surface area contributed by atoms with Crippen LogP contribution in [0, 0.1) is 0 Å². The van der Waals surface area contributed by atoms with Crippen LogP contribution >= 0.6 is 27.7 Å². The zero-order valence-corrected chi connectivity index (χ0v) is 10.9. The molecule has 0 radical (unpaired) electrons. The highest BCUT2D eigenvalue weighted by atomic mass is 79.9. The summed E-state index contributed by atoms with van der Waals surface area (Å²) >= 11 is 5.03. The van der Waals surface area contributed by atoms with Crippen LogP contribution in [0.1, 0.15) is 24.2 Å². The second kappa shape index (κ2) is 3.87. The van der Waals surface area contributed by atoms with Gasteiger partial charge < -0.3 is 9.73 Å². The summed E-state index contributed by atoms with van der Waals surface area (Å²) in [5.41, 5.74) is 0.564. The Balaban J connectivity index is 1.99. The summed E-state index contributed by atoms with van der Waals surface area (Å²) in [6.07, 6.45) is 1.46. The van der Waals surface area contributed by atoms with Gasteiger partial charge in [-0.3, -0.25) is 4.79 Å². The van der Waals surface area contributed by atoms with Crippen LogP contribution in [0.3, 0.4) is 0 Å². The van der Waals surface area contributed by atoms with E-state index in [0.29, 0.717) is 10.2 Å². The molecule has 0 aromatic carbocycles. The normalized spacial score (nSPS) is 23.3. The smallest absolute Gasteiger partial charge is 0.254 e. The van der Waals surface area contributed by atoms with Gasteiger partial charge in [0.05, 0.1) is 11.6 Å². The van der Waals surface area contributed by atoms with Gasteiger partial charge >= 0.3 is 0 Å². The lowest BCUT2D eigenvalue weighted by atomic mass is 10.0. The van der Waals surface area contributed by atoms with E-state index in [9.17, 15) is 4.79 Å². The van der Waals surface area contributed by atoms with Gasteiger partial charge in [0.15, 0.2) is 4.67 Å². The molecule has 1 unspecified atom stereocenters. The van der Waals surface area contributed by atoms with Crippen molar-refractivity contribution in [1.82, 2.24) is 5.32 Å². The summed E-state index contributed by atoms with van der Waals surface area (Å²) in [7, 11) is 0. The first-order valence-corrected chi connectivity index (χ1v) is 6.46. The van der Waals surface area contributed by atoms with Crippen molar-refractivity contribution in [3.63, 3.8) is 0 Å². The van der Waals surface area contributed by atoms with Crippen molar-refractivity contribution in [3.8, 4) is 0 Å². The third-order valence-corrected chi connectivity index (χ3v) is 4.54. The number of carbonyl (C=O) groups excluding carboxylic acids is 1. The average molecular weight is 290 g/mol. The molecule has 1 saturated heterocycles. The highest BCUT2D eigenvalue weighted by Gasteiger charge is 2.40. The van der Waals surface area contributed by atoms with E-state index in [0.717, 1.165) is 5.75 Å². The van der Waals surface area contributed by atoms with Gasteiger partial charge in [-0.25, -0.2) is 0 Å². The van der Waals surface area contributed by atoms with Gasteiger partial charge in [-0.2, -0.15) is 11.8 Å². The number of furan rings is 1. The molecule has 0 aliphatic carbocycles. The maximum Gasteiger partial charge on any atom is 0.254 e. The monoisotopic (exact) mass is 289 g/mol. The predicted octanol–water partition coefficient (Wildman–Crippen LogP) is 2.67. The minimum absolute atomic E-state index is 0.0668. The molecule has 82 valence electrons. The summed E-state index contributed by atoms with van der Waals surface area (Å²) in [5.74, 6) is 0.917. The summed E-state index contributed by atoms with van der Waals surface area (Å²) in [5, 5.41) is 3.00. The third-order valence-electron chi connectivity index (χ3n) is 2.60. The molecule has 2 heterocycles. The van der Waals surface area contributed by atoms with Gasteiger partial charge in [0.2, 0.25) is 0 Å². The lowest BCUT2D eigenvalue weighted by Gasteiger charge is -2.43. The quantitative estimate of drug-likeness (QED) is 0.910. The molecule has 0 bridgehead atoms. The maximum atomic E-state index is 11.7. The number of halogens is 1. The molecule has 1 amide bonds. The molecule has 1 aliphatic rings. The Hall–Kier alpha value is -0.420. The van der Waals surface area contributed by atoms with E-state index < -0.39 is 0 Å². The van der Waals surface area contributed by atoms with E-state index in [1.54, 1.807) is 6.07 Å². The van der Waals surface area contributed by atoms with E-state index in [1.165, 1.54) is 6.26 Å². The van der Waals surface area contributed by atoms with Crippen LogP contribution in [0.5, 0.6) is 0 Å². The Labute approximate surface area is 101 Å². The number of thioether (sulfide) groups is 1. The zero-order chi connectivity index (χ0) is 11.1. The summed E-state index contributed by atoms with van der Waals surface area (Å²) < 4.78 is 5.75. The molecule has 1 N–H and O–H groups in total. The largest absolute Gasteiger partial charge is 0.457 e. The molecule has 1 aliphatic heterocycles. The second-order valence-corrected chi connectivity index (χ2v) is 6.54. The van der Waals surface area contributed by atoms with Crippen molar-refractivity contribution >= 4 is 33.6 Å². The molecule has 0 spiro atoms. The average Bonchev–Trinajstić information content (AvgIpc) is 2.59. The number of nitrogens with one attached hydrogen (secondary N) is 1. The lowest BCUT2D eigenvalue weighted by Crippen LogP contribution is -2.56. The van der Waals surface area contributed by atoms with Crippen LogP contribution in [0.25, 0.3) is 0 Å². The zero-order valence-electron chi connectivity index (χ0n) is 8.54. The Morgan fingerprint density at radius 1 is 1.73 bits per heavy atom. The minimum Gasteiger partial charge on any atom is -0.457 e. The molecule has 1 aromatic heterocycles. The van der Waals surface area contributed by atoms with Gasteiger partial charge in [0.25, 0.3) is 5.91 Å². The number of rotatable bonds is 2. The molecule has 1 atom stereocenters. The van der Waals surface area contributed by atoms with Gasteiger partial charge in [0, 0.05) is 16.6 Å². The standard InChI is InChI=1S/C10H12BrNO2S/c1-10(2)7(5-15-10)12-9(13)6-3-8(11)14-4-6/h3-4,7H,5H2,1-2H3,(H,12,13). The molecule has 0 saturated carbocycles. The SMILES string of the molecule is CC1(C)SCC1NC(=O)c1coc(Br)c1. The first-order chi connectivity index (χ1) is 6.99. The minimum atomic E-state index is -0.0668. The molecule has 15 heavy (non-hydrogen) atoms. The molecule has 3 nitrogen and oxygen atoms in total. The van der Waals surface area contributed by atoms with Gasteiger partial charge in [-0.1, -0.05) is 0 Å². The molecule has 1 aromatic rings. The Kier molecular flexibility index (Phi) is 2.85. The van der Waals surface area contributed by atoms with Crippen molar-refractivity contribution < 1.29 is 9.21 Å². The van der Waals surface area contributed by atoms with E-state index in [2.05, 4.69) is 35.1 Å². The number of hydrogen-bond donors (Lipinski definition) is 1. The molecule has 5 heteroatoms. The first-order valence-electron chi connectivity index (χ1n) is 4.68. The summed E-state index contributed by atoms with van der Waals surface area (Å²) in [4.78, 5) is 11.7. The lowest BCUT2D eigenvalue weighted by molar-refractivity contribution is 0.0930. The topological polar surface area (TPSA) is 42.2 Å². The van der Waals surface area contributed by atoms with E-state index in [1.807, 2.05) is 11.8 Å². The number of hydrogen-bond acceptors (Lipinski definition) is 3. The fourth-order valence-electron chi connectivity index (χ4n) is 1.39. The molecular formula is C10H12BrNO2S. The second-order valence-electron chi connectivity index (χ2n) is 4.08. The van der Waals surface area contributed by atoms with Crippen molar-refractivity contribution in [2.75, 3.05) is 5.75 Å². The Bertz CT molecular complexity index is 389. The van der Waals surface area contributed by atoms with Crippen LogP contribution < -0.4 is 5.32 Å². The van der Waals surface area contributed by atoms with Crippen LogP contribution in [-0.4, -0.2) is 22.4 Å². The molecule has 1 fully saturated rings. The van der Waals surface area contributed by atoms with Crippen LogP contribution in [0.15, 0.2) is 21.4 Å². The van der Waals surface area contributed by atoms with Crippen LogP contribution in [-0.2, 0) is 0 Å². The van der Waals surface area contributed by atoms with Crippen molar-refractivity contribution in [2.24, 2.45) is 0 Å². The van der Waals surface area contributed by atoms with Crippen molar-refractivity contribution in [2.45, 2.75) is 24.6 Å². The van der Waals surface area contributed by atoms with Gasteiger partial charge in [-0.05, 0) is 29.8 Å². The van der Waals surface area contributed by atoms with Gasteiger partial charge in [0.1, 0.15) is 6.26 Å². The summed E-state index contributed by atoms with van der Waals surface area (Å²) in [6.45, 7) is 4.27. The fourth-order valence-corrected chi connectivity index (χ4v) is 2.87. The van der Waals surface area contributed by atoms with Gasteiger partial charge in [-0.15, -0.1) is 0 Å². The fraction of sp³-hybridized carbons (Fsp3) is 0.500. The van der Waals surface area contributed by atoms with Crippen LogP contribution in [0.4, 0.5) is 0 Å². The molecule has 2 rings (SSSR count).